The number of hydrogen-bond acceptors (Lipinski definition) is 6. The van der Waals surface area contributed by atoms with Gasteiger partial charge in [0.2, 0.25) is 0 Å². The molecular formula is C22H27N3O5S. The Balaban J connectivity index is 1.79. The highest BCUT2D eigenvalue weighted by atomic mass is 32.2. The number of nitrogens with zero attached hydrogens (tertiary/aromatic N) is 2. The molecule has 0 radical (unpaired) electrons. The van der Waals surface area contributed by atoms with Gasteiger partial charge in [-0.05, 0) is 54.3 Å². The number of amides is 2. The van der Waals surface area contributed by atoms with Gasteiger partial charge in [0.15, 0.2) is 14.6 Å². The van der Waals surface area contributed by atoms with E-state index in [1.165, 1.54) is 17.3 Å². The first kappa shape index (κ1) is 22.8. The summed E-state index contributed by atoms with van der Waals surface area (Å²) in [4.78, 5) is 28.3. The number of sulfone groups is 1. The fourth-order valence-corrected chi connectivity index (χ4v) is 4.47. The minimum absolute atomic E-state index is 0.0668. The zero-order chi connectivity index (χ0) is 23.0. The molecule has 0 fully saturated rings. The Kier molecular flexibility index (Phi) is 6.11. The molecule has 1 aliphatic rings. The van der Waals surface area contributed by atoms with E-state index in [-0.39, 0.29) is 18.9 Å². The van der Waals surface area contributed by atoms with E-state index in [2.05, 4.69) is 0 Å². The molecule has 0 saturated heterocycles. The second-order valence-electron chi connectivity index (χ2n) is 8.23. The summed E-state index contributed by atoms with van der Waals surface area (Å²) in [5, 5.41) is 8.96. The third-order valence-corrected chi connectivity index (χ3v) is 7.99. The summed E-state index contributed by atoms with van der Waals surface area (Å²) in [6.07, 6.45) is 0.813. The van der Waals surface area contributed by atoms with Crippen LogP contribution in [0.1, 0.15) is 29.3 Å². The van der Waals surface area contributed by atoms with Crippen LogP contribution in [0.3, 0.4) is 0 Å². The molecule has 8 nitrogen and oxygen atoms in total. The first-order valence-corrected chi connectivity index (χ1v) is 11.7. The fourth-order valence-electron chi connectivity index (χ4n) is 3.63. The Hall–Kier alpha value is -2.91. The maximum absolute atomic E-state index is 12.8. The van der Waals surface area contributed by atoms with Gasteiger partial charge in [-0.15, -0.1) is 0 Å². The molecule has 166 valence electrons. The van der Waals surface area contributed by atoms with Crippen LogP contribution in [0.15, 0.2) is 42.5 Å². The van der Waals surface area contributed by atoms with Crippen LogP contribution in [-0.4, -0.2) is 62.0 Å². The van der Waals surface area contributed by atoms with Crippen LogP contribution in [0.5, 0.6) is 0 Å². The van der Waals surface area contributed by atoms with Gasteiger partial charge in [0.25, 0.3) is 11.8 Å². The Morgan fingerprint density at radius 1 is 1.16 bits per heavy atom. The molecule has 2 amide bonds. The van der Waals surface area contributed by atoms with E-state index >= 15 is 0 Å². The van der Waals surface area contributed by atoms with Crippen LogP contribution < -0.4 is 10.4 Å². The molecule has 1 aliphatic heterocycles. The smallest absolute Gasteiger partial charge is 0.264 e. The lowest BCUT2D eigenvalue weighted by Crippen LogP contribution is -2.50. The van der Waals surface area contributed by atoms with Crippen molar-refractivity contribution in [2.24, 2.45) is 0 Å². The van der Waals surface area contributed by atoms with E-state index in [4.69, 9.17) is 5.21 Å². The number of carbonyl (C=O) groups is 2. The predicted molar refractivity (Wildman–Crippen MR) is 119 cm³/mol. The van der Waals surface area contributed by atoms with Gasteiger partial charge in [-0.2, -0.15) is 0 Å². The Bertz CT molecular complexity index is 1110. The summed E-state index contributed by atoms with van der Waals surface area (Å²) in [6.45, 7) is 1.65. The molecule has 0 bridgehead atoms. The van der Waals surface area contributed by atoms with E-state index in [9.17, 15) is 18.0 Å². The van der Waals surface area contributed by atoms with Gasteiger partial charge in [-0.1, -0.05) is 18.2 Å². The van der Waals surface area contributed by atoms with Crippen molar-refractivity contribution in [3.8, 4) is 11.1 Å². The molecule has 0 aromatic heterocycles. The molecule has 1 heterocycles. The van der Waals surface area contributed by atoms with Gasteiger partial charge in [-0.25, -0.2) is 13.9 Å². The highest BCUT2D eigenvalue weighted by Crippen LogP contribution is 2.31. The van der Waals surface area contributed by atoms with Crippen molar-refractivity contribution < 1.29 is 23.2 Å². The zero-order valence-corrected chi connectivity index (χ0v) is 18.9. The second kappa shape index (κ2) is 8.32. The Morgan fingerprint density at radius 2 is 1.77 bits per heavy atom. The molecule has 3 rings (SSSR count). The van der Waals surface area contributed by atoms with Gasteiger partial charge in [-0.3, -0.25) is 14.8 Å². The number of benzene rings is 2. The molecule has 2 N–H and O–H groups in total. The third kappa shape index (κ3) is 4.28. The zero-order valence-electron chi connectivity index (χ0n) is 18.0. The molecule has 2 aromatic carbocycles. The van der Waals surface area contributed by atoms with Gasteiger partial charge in [0.05, 0.1) is 0 Å². The van der Waals surface area contributed by atoms with Gasteiger partial charge >= 0.3 is 0 Å². The van der Waals surface area contributed by atoms with Crippen molar-refractivity contribution in [1.29, 1.82) is 0 Å². The first-order chi connectivity index (χ1) is 14.5. The maximum Gasteiger partial charge on any atom is 0.264 e. The minimum Gasteiger partial charge on any atom is -0.378 e. The highest BCUT2D eigenvalue weighted by molar-refractivity contribution is 7.92. The summed E-state index contributed by atoms with van der Waals surface area (Å²) in [5.41, 5.74) is 5.96. The van der Waals surface area contributed by atoms with E-state index in [1.807, 2.05) is 55.4 Å². The summed E-state index contributed by atoms with van der Waals surface area (Å²) in [7, 11) is 0.133. The minimum atomic E-state index is -3.82. The average Bonchev–Trinajstić information content (AvgIpc) is 3.05. The molecule has 9 heteroatoms. The lowest BCUT2D eigenvalue weighted by Gasteiger charge is -2.27. The van der Waals surface area contributed by atoms with Crippen molar-refractivity contribution in [1.82, 2.24) is 10.4 Å². The molecule has 2 aromatic rings. The third-order valence-electron chi connectivity index (χ3n) is 5.96. The number of fused-ring (bicyclic) bond motifs is 1. The number of hydroxylamine groups is 1. The van der Waals surface area contributed by atoms with E-state index in [1.54, 1.807) is 6.07 Å². The largest absolute Gasteiger partial charge is 0.378 e. The molecular weight excluding hydrogens is 418 g/mol. The molecule has 31 heavy (non-hydrogen) atoms. The van der Waals surface area contributed by atoms with Crippen LogP contribution in [-0.2, 0) is 21.2 Å². The summed E-state index contributed by atoms with van der Waals surface area (Å²) in [5.74, 6) is -1.22. The second-order valence-corrected chi connectivity index (χ2v) is 10.7. The highest BCUT2D eigenvalue weighted by Gasteiger charge is 2.44. The van der Waals surface area contributed by atoms with Crippen LogP contribution >= 0.6 is 0 Å². The van der Waals surface area contributed by atoms with Crippen LogP contribution in [0.2, 0.25) is 0 Å². The molecule has 0 saturated carbocycles. The molecule has 0 spiro atoms. The van der Waals surface area contributed by atoms with Crippen molar-refractivity contribution in [3.05, 3.63) is 53.6 Å². The lowest BCUT2D eigenvalue weighted by molar-refractivity contribution is -0.131. The summed E-state index contributed by atoms with van der Waals surface area (Å²) < 4.78 is 22.5. The van der Waals surface area contributed by atoms with E-state index < -0.39 is 20.5 Å². The van der Waals surface area contributed by atoms with Gasteiger partial charge in [0, 0.05) is 44.7 Å². The van der Waals surface area contributed by atoms with E-state index in [0.717, 1.165) is 28.6 Å². The SMILES string of the molecule is CN(C)c1ccc(-c2ccc3c(c2)CN(CC[C@](C)(C(=O)NO)S(C)(=O)=O)C3=O)cc1. The number of anilines is 1. The van der Waals surface area contributed by atoms with Crippen LogP contribution in [0.25, 0.3) is 11.1 Å². The normalized spacial score (nSPS) is 15.4. The summed E-state index contributed by atoms with van der Waals surface area (Å²) >= 11 is 0. The Labute approximate surface area is 182 Å². The molecule has 0 unspecified atom stereocenters. The standard InChI is InChI=1S/C22H27N3O5S/c1-22(21(27)23-28,31(4,29)30)11-12-25-14-17-13-16(7-10-19(17)20(25)26)15-5-8-18(9-6-15)24(2)3/h5-10,13,28H,11-12,14H2,1-4H3,(H,23,27)/t22-/m1/s1. The lowest BCUT2D eigenvalue weighted by atomic mass is 10.0. The van der Waals surface area contributed by atoms with Gasteiger partial charge < -0.3 is 9.80 Å². The van der Waals surface area contributed by atoms with Gasteiger partial charge in [0.1, 0.15) is 0 Å². The fraction of sp³-hybridized carbons (Fsp3) is 0.364. The van der Waals surface area contributed by atoms with Crippen molar-refractivity contribution in [2.75, 3.05) is 31.8 Å². The van der Waals surface area contributed by atoms with Crippen LogP contribution in [0.4, 0.5) is 5.69 Å². The number of nitrogens with one attached hydrogen (secondary N) is 1. The number of rotatable bonds is 7. The quantitative estimate of drug-likeness (QED) is 0.499. The number of carbonyl (C=O) groups excluding carboxylic acids is 2. The van der Waals surface area contributed by atoms with Crippen molar-refractivity contribution in [3.63, 3.8) is 0 Å². The topological polar surface area (TPSA) is 107 Å². The van der Waals surface area contributed by atoms with Crippen LogP contribution in [0, 0.1) is 0 Å². The maximum atomic E-state index is 12.8. The van der Waals surface area contributed by atoms with Crippen molar-refractivity contribution in [2.45, 2.75) is 24.6 Å². The van der Waals surface area contributed by atoms with Crippen molar-refractivity contribution >= 4 is 27.3 Å². The number of hydrogen-bond donors (Lipinski definition) is 2. The first-order valence-electron chi connectivity index (χ1n) is 9.82. The average molecular weight is 446 g/mol. The predicted octanol–water partition coefficient (Wildman–Crippen LogP) is 2.07. The molecule has 0 aliphatic carbocycles. The van der Waals surface area contributed by atoms with E-state index in [0.29, 0.717) is 12.1 Å². The summed E-state index contributed by atoms with van der Waals surface area (Å²) in [6, 6.07) is 13.7. The molecule has 1 atom stereocenters. The Morgan fingerprint density at radius 3 is 2.32 bits per heavy atom. The monoisotopic (exact) mass is 445 g/mol.